The number of anilines is 1. The van der Waals surface area contributed by atoms with Crippen molar-refractivity contribution in [1.29, 1.82) is 0 Å². The zero-order chi connectivity index (χ0) is 21.2. The first-order valence-corrected chi connectivity index (χ1v) is 11.4. The SMILES string of the molecule is Cc1ccc(S(=O)(=O)N(C)C)cc1NC(=O)CSc1c(C)c(C)cc(C)c1C. The Morgan fingerprint density at radius 2 is 1.54 bits per heavy atom. The van der Waals surface area contributed by atoms with Crippen LogP contribution in [-0.2, 0) is 14.8 Å². The lowest BCUT2D eigenvalue weighted by atomic mass is 10.0. The predicted octanol–water partition coefficient (Wildman–Crippen LogP) is 4.21. The van der Waals surface area contributed by atoms with Crippen molar-refractivity contribution >= 4 is 33.4 Å². The van der Waals surface area contributed by atoms with E-state index in [4.69, 9.17) is 0 Å². The maximum atomic E-state index is 12.5. The molecule has 1 N–H and O–H groups in total. The van der Waals surface area contributed by atoms with Gasteiger partial charge in [-0.1, -0.05) is 12.1 Å². The topological polar surface area (TPSA) is 66.5 Å². The lowest BCUT2D eigenvalue weighted by Gasteiger charge is -2.16. The van der Waals surface area contributed by atoms with Gasteiger partial charge >= 0.3 is 0 Å². The molecule has 0 fully saturated rings. The number of nitrogens with zero attached hydrogens (tertiary/aromatic N) is 1. The Kier molecular flexibility index (Phi) is 6.96. The molecule has 7 heteroatoms. The van der Waals surface area contributed by atoms with Crippen LogP contribution in [0.4, 0.5) is 5.69 Å². The monoisotopic (exact) mass is 420 g/mol. The van der Waals surface area contributed by atoms with Crippen molar-refractivity contribution in [2.75, 3.05) is 25.2 Å². The van der Waals surface area contributed by atoms with Gasteiger partial charge in [-0.05, 0) is 74.6 Å². The summed E-state index contributed by atoms with van der Waals surface area (Å²) in [5.41, 5.74) is 6.14. The molecular weight excluding hydrogens is 392 g/mol. The van der Waals surface area contributed by atoms with Gasteiger partial charge in [0.1, 0.15) is 0 Å². The number of carbonyl (C=O) groups excluding carboxylic acids is 1. The second-order valence-electron chi connectivity index (χ2n) is 7.19. The van der Waals surface area contributed by atoms with Crippen LogP contribution in [0.1, 0.15) is 27.8 Å². The van der Waals surface area contributed by atoms with Crippen LogP contribution >= 0.6 is 11.8 Å². The summed E-state index contributed by atoms with van der Waals surface area (Å²) in [6, 6.07) is 6.93. The van der Waals surface area contributed by atoms with Crippen LogP contribution in [0.25, 0.3) is 0 Å². The molecule has 0 atom stereocenters. The minimum atomic E-state index is -3.55. The van der Waals surface area contributed by atoms with Gasteiger partial charge < -0.3 is 5.32 Å². The molecule has 2 aromatic carbocycles. The van der Waals surface area contributed by atoms with E-state index in [0.717, 1.165) is 14.8 Å². The Morgan fingerprint density at radius 1 is 0.964 bits per heavy atom. The molecule has 0 unspecified atom stereocenters. The molecule has 0 saturated heterocycles. The van der Waals surface area contributed by atoms with Gasteiger partial charge in [-0.3, -0.25) is 4.79 Å². The fourth-order valence-electron chi connectivity index (χ4n) is 2.83. The van der Waals surface area contributed by atoms with Crippen LogP contribution in [0, 0.1) is 34.6 Å². The molecule has 0 saturated carbocycles. The Labute approximate surface area is 172 Å². The number of hydrogen-bond acceptors (Lipinski definition) is 4. The molecule has 1 amide bonds. The molecule has 0 spiro atoms. The summed E-state index contributed by atoms with van der Waals surface area (Å²) in [4.78, 5) is 13.8. The third-order valence-electron chi connectivity index (χ3n) is 4.91. The van der Waals surface area contributed by atoms with Gasteiger partial charge in [-0.2, -0.15) is 0 Å². The highest BCUT2D eigenvalue weighted by Crippen LogP contribution is 2.31. The molecule has 0 aliphatic rings. The van der Waals surface area contributed by atoms with Crippen molar-refractivity contribution in [3.63, 3.8) is 0 Å². The highest BCUT2D eigenvalue weighted by atomic mass is 32.2. The number of amides is 1. The smallest absolute Gasteiger partial charge is 0.242 e. The van der Waals surface area contributed by atoms with Gasteiger partial charge in [0.25, 0.3) is 0 Å². The van der Waals surface area contributed by atoms with Crippen molar-refractivity contribution in [2.24, 2.45) is 0 Å². The van der Waals surface area contributed by atoms with Gasteiger partial charge in [0.2, 0.25) is 15.9 Å². The summed E-state index contributed by atoms with van der Waals surface area (Å²) in [7, 11) is -0.582. The number of hydrogen-bond donors (Lipinski definition) is 1. The number of rotatable bonds is 6. The van der Waals surface area contributed by atoms with E-state index in [9.17, 15) is 13.2 Å². The Bertz CT molecular complexity index is 987. The van der Waals surface area contributed by atoms with E-state index in [0.29, 0.717) is 5.69 Å². The Morgan fingerprint density at radius 3 is 2.07 bits per heavy atom. The molecule has 28 heavy (non-hydrogen) atoms. The van der Waals surface area contributed by atoms with E-state index in [2.05, 4.69) is 39.1 Å². The summed E-state index contributed by atoms with van der Waals surface area (Å²) < 4.78 is 25.8. The van der Waals surface area contributed by atoms with Crippen LogP contribution in [0.5, 0.6) is 0 Å². The van der Waals surface area contributed by atoms with Crippen LogP contribution in [-0.4, -0.2) is 38.5 Å². The zero-order valence-electron chi connectivity index (χ0n) is 17.5. The summed E-state index contributed by atoms with van der Waals surface area (Å²) in [6.07, 6.45) is 0. The molecule has 0 aliphatic carbocycles. The summed E-state index contributed by atoms with van der Waals surface area (Å²) >= 11 is 1.51. The summed E-state index contributed by atoms with van der Waals surface area (Å²) in [6.45, 7) is 10.1. The van der Waals surface area contributed by atoms with Crippen molar-refractivity contribution in [2.45, 2.75) is 44.4 Å². The third kappa shape index (κ3) is 4.77. The average Bonchev–Trinajstić information content (AvgIpc) is 2.61. The first-order valence-electron chi connectivity index (χ1n) is 8.98. The molecule has 2 aromatic rings. The molecule has 0 heterocycles. The second kappa shape index (κ2) is 8.68. The maximum absolute atomic E-state index is 12.5. The summed E-state index contributed by atoms with van der Waals surface area (Å²) in [5.74, 6) is 0.0970. The summed E-state index contributed by atoms with van der Waals surface area (Å²) in [5, 5.41) is 2.86. The van der Waals surface area contributed by atoms with E-state index >= 15 is 0 Å². The maximum Gasteiger partial charge on any atom is 0.242 e. The molecule has 0 bridgehead atoms. The zero-order valence-corrected chi connectivity index (χ0v) is 19.1. The van der Waals surface area contributed by atoms with Crippen molar-refractivity contribution in [3.05, 3.63) is 52.1 Å². The van der Waals surface area contributed by atoms with Gasteiger partial charge in [0.05, 0.1) is 10.6 Å². The molecule has 0 aromatic heterocycles. The van der Waals surface area contributed by atoms with Gasteiger partial charge in [-0.25, -0.2) is 12.7 Å². The van der Waals surface area contributed by atoms with E-state index in [1.807, 2.05) is 6.92 Å². The molecule has 152 valence electrons. The number of benzene rings is 2. The number of sulfonamides is 1. The fraction of sp³-hybridized carbons (Fsp3) is 0.381. The standard InChI is InChI=1S/C21H28N2O3S2/c1-13-8-9-18(28(25,26)23(6)7)11-19(13)22-20(24)12-27-21-16(4)14(2)10-15(3)17(21)5/h8-11H,12H2,1-7H3,(H,22,24). The molecular formula is C21H28N2O3S2. The van der Waals surface area contributed by atoms with E-state index in [1.54, 1.807) is 12.1 Å². The van der Waals surface area contributed by atoms with Crippen LogP contribution in [0.3, 0.4) is 0 Å². The number of carbonyl (C=O) groups is 1. The second-order valence-corrected chi connectivity index (χ2v) is 10.3. The molecule has 2 rings (SSSR count). The van der Waals surface area contributed by atoms with E-state index < -0.39 is 10.0 Å². The Hall–Kier alpha value is -1.83. The van der Waals surface area contributed by atoms with Gasteiger partial charge in [-0.15, -0.1) is 11.8 Å². The first kappa shape index (κ1) is 22.5. The number of nitrogens with one attached hydrogen (secondary N) is 1. The largest absolute Gasteiger partial charge is 0.325 e. The van der Waals surface area contributed by atoms with Crippen LogP contribution in [0.15, 0.2) is 34.1 Å². The lowest BCUT2D eigenvalue weighted by molar-refractivity contribution is -0.113. The van der Waals surface area contributed by atoms with Gasteiger partial charge in [0.15, 0.2) is 0 Å². The minimum absolute atomic E-state index is 0.159. The normalized spacial score (nSPS) is 11.7. The molecule has 0 aliphatic heterocycles. The molecule has 0 radical (unpaired) electrons. The van der Waals surface area contributed by atoms with Gasteiger partial charge in [0, 0.05) is 24.7 Å². The quantitative estimate of drug-likeness (QED) is 0.711. The van der Waals surface area contributed by atoms with Crippen molar-refractivity contribution in [3.8, 4) is 0 Å². The minimum Gasteiger partial charge on any atom is -0.325 e. The van der Waals surface area contributed by atoms with Crippen LogP contribution < -0.4 is 5.32 Å². The molecule has 5 nitrogen and oxygen atoms in total. The number of thioether (sulfide) groups is 1. The predicted molar refractivity (Wildman–Crippen MR) is 117 cm³/mol. The highest BCUT2D eigenvalue weighted by molar-refractivity contribution is 8.00. The first-order chi connectivity index (χ1) is 12.9. The van der Waals surface area contributed by atoms with E-state index in [1.165, 1.54) is 54.2 Å². The Balaban J connectivity index is 2.19. The fourth-order valence-corrected chi connectivity index (χ4v) is 4.86. The van der Waals surface area contributed by atoms with E-state index in [-0.39, 0.29) is 16.6 Å². The average molecular weight is 421 g/mol. The third-order valence-corrected chi connectivity index (χ3v) is 8.03. The lowest BCUT2D eigenvalue weighted by Crippen LogP contribution is -2.22. The highest BCUT2D eigenvalue weighted by Gasteiger charge is 2.19. The van der Waals surface area contributed by atoms with Crippen molar-refractivity contribution in [1.82, 2.24) is 4.31 Å². The number of aryl methyl sites for hydroxylation is 3. The van der Waals surface area contributed by atoms with Crippen LogP contribution in [0.2, 0.25) is 0 Å². The van der Waals surface area contributed by atoms with Crippen molar-refractivity contribution < 1.29 is 13.2 Å².